The molecule has 0 saturated heterocycles. The number of aromatic nitrogens is 1. The summed E-state index contributed by atoms with van der Waals surface area (Å²) in [4.78, 5) is 48.9. The van der Waals surface area contributed by atoms with E-state index in [1.807, 2.05) is 12.1 Å². The highest BCUT2D eigenvalue weighted by Crippen LogP contribution is 2.24. The van der Waals surface area contributed by atoms with Crippen molar-refractivity contribution in [3.8, 4) is 0 Å². The number of fused-ring (bicyclic) bond motifs is 1. The van der Waals surface area contributed by atoms with E-state index in [2.05, 4.69) is 0 Å². The SMILES string of the molecule is CN(C)CC(=O)c1cc(C(=O)c2ccc([N+](=O)[O-])cc2)n2ccc(Cc3ccc([N+](=O)[O-])cc3)cc12. The smallest absolute Gasteiger partial charge is 0.269 e. The molecule has 0 atom stereocenters. The zero-order valence-electron chi connectivity index (χ0n) is 19.6. The van der Waals surface area contributed by atoms with Crippen LogP contribution in [0.2, 0.25) is 0 Å². The Balaban J connectivity index is 1.74. The van der Waals surface area contributed by atoms with Gasteiger partial charge in [-0.1, -0.05) is 12.1 Å². The molecule has 0 aliphatic carbocycles. The van der Waals surface area contributed by atoms with E-state index in [1.165, 1.54) is 36.4 Å². The second-order valence-electron chi connectivity index (χ2n) is 8.63. The number of pyridine rings is 1. The van der Waals surface area contributed by atoms with Gasteiger partial charge in [-0.05, 0) is 62.0 Å². The summed E-state index contributed by atoms with van der Waals surface area (Å²) in [5.74, 6) is -0.528. The van der Waals surface area contributed by atoms with Crippen LogP contribution in [0.1, 0.15) is 37.5 Å². The average Bonchev–Trinajstić information content (AvgIpc) is 3.22. The van der Waals surface area contributed by atoms with Crippen LogP contribution in [0.15, 0.2) is 72.9 Å². The van der Waals surface area contributed by atoms with Crippen LogP contribution in [0.25, 0.3) is 5.52 Å². The van der Waals surface area contributed by atoms with Gasteiger partial charge in [-0.25, -0.2) is 0 Å². The maximum Gasteiger partial charge on any atom is 0.269 e. The Morgan fingerprint density at radius 3 is 1.97 bits per heavy atom. The zero-order valence-corrected chi connectivity index (χ0v) is 19.6. The summed E-state index contributed by atoms with van der Waals surface area (Å²) in [7, 11) is 3.55. The largest absolute Gasteiger partial charge is 0.313 e. The molecule has 10 nitrogen and oxygen atoms in total. The van der Waals surface area contributed by atoms with Crippen molar-refractivity contribution in [1.29, 1.82) is 0 Å². The Morgan fingerprint density at radius 1 is 0.833 bits per heavy atom. The molecule has 0 amide bonds. The summed E-state index contributed by atoms with van der Waals surface area (Å²) in [5.41, 5.74) is 3.09. The third kappa shape index (κ3) is 5.03. The van der Waals surface area contributed by atoms with Crippen LogP contribution in [0.3, 0.4) is 0 Å². The highest BCUT2D eigenvalue weighted by molar-refractivity contribution is 6.12. The van der Waals surface area contributed by atoms with Crippen LogP contribution in [0, 0.1) is 20.2 Å². The minimum absolute atomic E-state index is 0.00626. The molecule has 4 aromatic rings. The monoisotopic (exact) mass is 486 g/mol. The lowest BCUT2D eigenvalue weighted by molar-refractivity contribution is -0.385. The molecule has 0 N–H and O–H groups in total. The summed E-state index contributed by atoms with van der Waals surface area (Å²) < 4.78 is 1.64. The summed E-state index contributed by atoms with van der Waals surface area (Å²) in [5, 5.41) is 21.9. The minimum atomic E-state index is -0.536. The average molecular weight is 486 g/mol. The van der Waals surface area contributed by atoms with Crippen molar-refractivity contribution >= 4 is 28.5 Å². The Kier molecular flexibility index (Phi) is 6.71. The number of hydrogen-bond donors (Lipinski definition) is 0. The molecule has 0 saturated carbocycles. The number of Topliss-reactive ketones (excluding diaryl/α,β-unsaturated/α-hetero) is 1. The van der Waals surface area contributed by atoms with E-state index in [1.54, 1.807) is 47.8 Å². The number of rotatable bonds is 9. The third-order valence-corrected chi connectivity index (χ3v) is 5.72. The summed E-state index contributed by atoms with van der Waals surface area (Å²) in [6.07, 6.45) is 2.19. The Bertz CT molecular complexity index is 1490. The number of benzene rings is 2. The summed E-state index contributed by atoms with van der Waals surface area (Å²) in [6, 6.07) is 16.8. The first-order valence-electron chi connectivity index (χ1n) is 11.0. The van der Waals surface area contributed by atoms with Gasteiger partial charge in [0.1, 0.15) is 0 Å². The minimum Gasteiger partial charge on any atom is -0.313 e. The lowest BCUT2D eigenvalue weighted by Crippen LogP contribution is -2.21. The molecule has 0 spiro atoms. The molecular formula is C26H22N4O6. The molecular weight excluding hydrogens is 464 g/mol. The van der Waals surface area contributed by atoms with E-state index < -0.39 is 9.85 Å². The van der Waals surface area contributed by atoms with E-state index >= 15 is 0 Å². The molecule has 10 heteroatoms. The Morgan fingerprint density at radius 2 is 1.42 bits per heavy atom. The number of nitrogens with zero attached hydrogens (tertiary/aromatic N) is 4. The van der Waals surface area contributed by atoms with E-state index in [9.17, 15) is 29.8 Å². The number of hydrogen-bond acceptors (Lipinski definition) is 7. The molecule has 0 bridgehead atoms. The van der Waals surface area contributed by atoms with Gasteiger partial charge < -0.3 is 9.30 Å². The third-order valence-electron chi connectivity index (χ3n) is 5.72. The highest BCUT2D eigenvalue weighted by Gasteiger charge is 2.22. The van der Waals surface area contributed by atoms with Gasteiger partial charge >= 0.3 is 0 Å². The van der Waals surface area contributed by atoms with Gasteiger partial charge in [0.25, 0.3) is 11.4 Å². The van der Waals surface area contributed by atoms with E-state index in [0.29, 0.717) is 17.5 Å². The van der Waals surface area contributed by atoms with Crippen molar-refractivity contribution in [3.05, 3.63) is 121 Å². The Labute approximate surface area is 205 Å². The summed E-state index contributed by atoms with van der Waals surface area (Å²) >= 11 is 0. The first-order valence-corrected chi connectivity index (χ1v) is 11.0. The molecule has 182 valence electrons. The van der Waals surface area contributed by atoms with Gasteiger partial charge in [0.05, 0.1) is 27.6 Å². The van der Waals surface area contributed by atoms with Gasteiger partial charge in [0, 0.05) is 41.6 Å². The number of nitro benzene ring substituents is 2. The van der Waals surface area contributed by atoms with Crippen LogP contribution >= 0.6 is 0 Å². The fourth-order valence-electron chi connectivity index (χ4n) is 3.98. The maximum atomic E-state index is 13.3. The van der Waals surface area contributed by atoms with Gasteiger partial charge in [0.15, 0.2) is 5.78 Å². The number of non-ortho nitro benzene ring substituents is 2. The van der Waals surface area contributed by atoms with Crippen molar-refractivity contribution in [2.75, 3.05) is 20.6 Å². The first-order chi connectivity index (χ1) is 17.1. The number of ketones is 2. The molecule has 2 aromatic heterocycles. The van der Waals surface area contributed by atoms with Crippen molar-refractivity contribution in [2.24, 2.45) is 0 Å². The predicted molar refractivity (Wildman–Crippen MR) is 133 cm³/mol. The number of carbonyl (C=O) groups is 2. The second-order valence-corrected chi connectivity index (χ2v) is 8.63. The molecule has 0 unspecified atom stereocenters. The van der Waals surface area contributed by atoms with E-state index in [-0.39, 0.29) is 40.7 Å². The Hall–Kier alpha value is -4.70. The van der Waals surface area contributed by atoms with Crippen LogP contribution < -0.4 is 0 Å². The van der Waals surface area contributed by atoms with Crippen molar-refractivity contribution in [2.45, 2.75) is 6.42 Å². The number of likely N-dealkylation sites (N-methyl/N-ethyl adjacent to an activating group) is 1. The topological polar surface area (TPSA) is 128 Å². The van der Waals surface area contributed by atoms with Crippen molar-refractivity contribution < 1.29 is 19.4 Å². The van der Waals surface area contributed by atoms with Crippen molar-refractivity contribution in [1.82, 2.24) is 9.30 Å². The fraction of sp³-hybridized carbons (Fsp3) is 0.154. The molecule has 0 aliphatic rings. The second kappa shape index (κ2) is 9.88. The molecule has 2 heterocycles. The van der Waals surface area contributed by atoms with Crippen LogP contribution in [-0.4, -0.2) is 51.4 Å². The highest BCUT2D eigenvalue weighted by atomic mass is 16.6. The number of carbonyl (C=O) groups excluding carboxylic acids is 2. The molecule has 2 aromatic carbocycles. The number of nitro groups is 2. The van der Waals surface area contributed by atoms with E-state index in [4.69, 9.17) is 0 Å². The van der Waals surface area contributed by atoms with Crippen LogP contribution in [-0.2, 0) is 6.42 Å². The predicted octanol–water partition coefficient (Wildman–Crippen LogP) is 4.32. The summed E-state index contributed by atoms with van der Waals surface area (Å²) in [6.45, 7) is 0.150. The van der Waals surface area contributed by atoms with Crippen molar-refractivity contribution in [3.63, 3.8) is 0 Å². The molecule has 4 rings (SSSR count). The normalized spacial score (nSPS) is 11.1. The van der Waals surface area contributed by atoms with E-state index in [0.717, 1.165) is 11.1 Å². The molecule has 0 fully saturated rings. The quantitative estimate of drug-likeness (QED) is 0.196. The maximum absolute atomic E-state index is 13.3. The van der Waals surface area contributed by atoms with Gasteiger partial charge in [-0.3, -0.25) is 29.8 Å². The van der Waals surface area contributed by atoms with Crippen LogP contribution in [0.5, 0.6) is 0 Å². The van der Waals surface area contributed by atoms with Gasteiger partial charge in [0.2, 0.25) is 5.78 Å². The zero-order chi connectivity index (χ0) is 26.0. The lowest BCUT2D eigenvalue weighted by atomic mass is 10.0. The fourth-order valence-corrected chi connectivity index (χ4v) is 3.98. The standard InChI is InChI=1S/C26H22N4O6/c1-27(2)16-25(31)22-15-24(26(32)19-5-9-21(10-6-19)30(35)36)28-12-11-18(14-23(22)28)13-17-3-7-20(8-4-17)29(33)34/h3-12,14-15H,13,16H2,1-2H3. The molecule has 36 heavy (non-hydrogen) atoms. The lowest BCUT2D eigenvalue weighted by Gasteiger charge is -2.09. The van der Waals surface area contributed by atoms with Gasteiger partial charge in [-0.2, -0.15) is 0 Å². The van der Waals surface area contributed by atoms with Gasteiger partial charge in [-0.15, -0.1) is 0 Å². The molecule has 0 radical (unpaired) electrons. The van der Waals surface area contributed by atoms with Crippen LogP contribution in [0.4, 0.5) is 11.4 Å². The molecule has 0 aliphatic heterocycles. The first kappa shape index (κ1) is 24.4.